The van der Waals surface area contributed by atoms with Gasteiger partial charge < -0.3 is 0 Å². The lowest BCUT2D eigenvalue weighted by atomic mass is 9.61. The van der Waals surface area contributed by atoms with Crippen LogP contribution in [0.3, 0.4) is 0 Å². The molecular weight excluding hydrogens is 248 g/mol. The minimum absolute atomic E-state index is 0.123. The number of ketones is 2. The van der Waals surface area contributed by atoms with Crippen LogP contribution >= 0.6 is 0 Å². The second-order valence-electron chi connectivity index (χ2n) is 7.41. The zero-order valence-corrected chi connectivity index (χ0v) is 14.3. The highest BCUT2D eigenvalue weighted by Crippen LogP contribution is 2.44. The van der Waals surface area contributed by atoms with Crippen LogP contribution in [0, 0.1) is 35.5 Å². The van der Waals surface area contributed by atoms with Crippen molar-refractivity contribution >= 4 is 11.6 Å². The van der Waals surface area contributed by atoms with E-state index in [1.54, 1.807) is 0 Å². The summed E-state index contributed by atoms with van der Waals surface area (Å²) in [6.07, 6.45) is 0. The summed E-state index contributed by atoms with van der Waals surface area (Å²) in [7, 11) is 0. The number of carbonyl (C=O) groups is 2. The fraction of sp³-hybridized carbons (Fsp3) is 0.778. The van der Waals surface area contributed by atoms with Gasteiger partial charge in [-0.15, -0.1) is 0 Å². The molecule has 114 valence electrons. The van der Waals surface area contributed by atoms with E-state index in [1.165, 1.54) is 5.57 Å². The quantitative estimate of drug-likeness (QED) is 0.719. The van der Waals surface area contributed by atoms with Gasteiger partial charge in [0.05, 0.1) is 0 Å². The molecule has 0 radical (unpaired) electrons. The van der Waals surface area contributed by atoms with E-state index < -0.39 is 0 Å². The van der Waals surface area contributed by atoms with Gasteiger partial charge in [-0.2, -0.15) is 0 Å². The van der Waals surface area contributed by atoms with E-state index in [0.717, 1.165) is 5.57 Å². The largest absolute Gasteiger partial charge is 0.290 e. The van der Waals surface area contributed by atoms with Crippen LogP contribution in [0.5, 0.6) is 0 Å². The average molecular weight is 278 g/mol. The zero-order chi connectivity index (χ0) is 15.8. The van der Waals surface area contributed by atoms with Gasteiger partial charge in [-0.3, -0.25) is 9.59 Å². The molecule has 2 heteroatoms. The van der Waals surface area contributed by atoms with Gasteiger partial charge in [-0.1, -0.05) is 61.0 Å². The van der Waals surface area contributed by atoms with E-state index in [-0.39, 0.29) is 35.2 Å². The molecule has 1 rings (SSSR count). The van der Waals surface area contributed by atoms with Crippen molar-refractivity contribution in [3.8, 4) is 0 Å². The molecule has 20 heavy (non-hydrogen) atoms. The third-order valence-corrected chi connectivity index (χ3v) is 4.46. The summed E-state index contributed by atoms with van der Waals surface area (Å²) in [4.78, 5) is 25.1. The minimum atomic E-state index is -0.223. The van der Waals surface area contributed by atoms with Crippen LogP contribution in [0.4, 0.5) is 0 Å². The number of rotatable bonds is 4. The predicted molar refractivity (Wildman–Crippen MR) is 83.4 cm³/mol. The Hall–Kier alpha value is -0.920. The van der Waals surface area contributed by atoms with Crippen LogP contribution in [0.2, 0.25) is 0 Å². The van der Waals surface area contributed by atoms with Gasteiger partial charge in [0.1, 0.15) is 0 Å². The highest BCUT2D eigenvalue weighted by Gasteiger charge is 2.46. The molecule has 0 aliphatic heterocycles. The smallest absolute Gasteiger partial charge is 0.225 e. The molecule has 0 N–H and O–H groups in total. The van der Waals surface area contributed by atoms with Crippen LogP contribution in [-0.2, 0) is 9.59 Å². The van der Waals surface area contributed by atoms with Gasteiger partial charge in [0, 0.05) is 11.5 Å². The van der Waals surface area contributed by atoms with E-state index in [2.05, 4.69) is 41.5 Å². The van der Waals surface area contributed by atoms with E-state index in [9.17, 15) is 9.59 Å². The predicted octanol–water partition coefficient (Wildman–Crippen LogP) is 4.29. The molecule has 1 aliphatic rings. The van der Waals surface area contributed by atoms with Crippen molar-refractivity contribution in [3.05, 3.63) is 11.1 Å². The Bertz CT molecular complexity index is 425. The first-order valence-corrected chi connectivity index (χ1v) is 7.93. The molecule has 2 atom stereocenters. The van der Waals surface area contributed by atoms with Crippen LogP contribution in [0.25, 0.3) is 0 Å². The lowest BCUT2D eigenvalue weighted by Gasteiger charge is -2.41. The maximum absolute atomic E-state index is 12.6. The lowest BCUT2D eigenvalue weighted by Crippen LogP contribution is -2.44. The topological polar surface area (TPSA) is 34.1 Å². The molecule has 0 heterocycles. The summed E-state index contributed by atoms with van der Waals surface area (Å²) in [5.41, 5.74) is 2.03. The summed E-state index contributed by atoms with van der Waals surface area (Å²) in [5, 5.41) is 0. The number of hydrogen-bond acceptors (Lipinski definition) is 2. The van der Waals surface area contributed by atoms with Gasteiger partial charge in [0.15, 0.2) is 0 Å². The molecule has 0 amide bonds. The first-order chi connectivity index (χ1) is 9.11. The van der Waals surface area contributed by atoms with Gasteiger partial charge in [0.25, 0.3) is 0 Å². The van der Waals surface area contributed by atoms with Crippen molar-refractivity contribution in [2.75, 3.05) is 0 Å². The molecular formula is C18H30O2. The van der Waals surface area contributed by atoms with Gasteiger partial charge in [0.2, 0.25) is 11.6 Å². The molecule has 0 saturated carbocycles. The number of Topliss-reactive ketones (excluding diaryl/α,β-unsaturated/α-hetero) is 2. The van der Waals surface area contributed by atoms with Crippen molar-refractivity contribution < 1.29 is 9.59 Å². The first-order valence-electron chi connectivity index (χ1n) is 7.93. The van der Waals surface area contributed by atoms with Gasteiger partial charge in [-0.05, 0) is 29.6 Å². The summed E-state index contributed by atoms with van der Waals surface area (Å²) in [6.45, 7) is 16.8. The molecule has 1 aliphatic carbocycles. The fourth-order valence-electron chi connectivity index (χ4n) is 3.73. The van der Waals surface area contributed by atoms with E-state index in [4.69, 9.17) is 0 Å². The van der Waals surface area contributed by atoms with Crippen LogP contribution in [0.1, 0.15) is 55.4 Å². The van der Waals surface area contributed by atoms with Crippen molar-refractivity contribution in [1.29, 1.82) is 0 Å². The molecule has 2 unspecified atom stereocenters. The van der Waals surface area contributed by atoms with Crippen LogP contribution in [-0.4, -0.2) is 11.6 Å². The summed E-state index contributed by atoms with van der Waals surface area (Å²) in [6, 6.07) is 0. The molecule has 0 fully saturated rings. The summed E-state index contributed by atoms with van der Waals surface area (Å²) < 4.78 is 0. The zero-order valence-electron chi connectivity index (χ0n) is 14.3. The summed E-state index contributed by atoms with van der Waals surface area (Å²) in [5.74, 6) is 0.703. The van der Waals surface area contributed by atoms with Crippen molar-refractivity contribution in [2.45, 2.75) is 55.4 Å². The molecule has 0 aromatic carbocycles. The monoisotopic (exact) mass is 278 g/mol. The van der Waals surface area contributed by atoms with E-state index in [0.29, 0.717) is 11.8 Å². The number of hydrogen-bond donors (Lipinski definition) is 0. The maximum Gasteiger partial charge on any atom is 0.225 e. The Balaban J connectivity index is 3.58. The first kappa shape index (κ1) is 17.1. The Morgan fingerprint density at radius 1 is 0.700 bits per heavy atom. The van der Waals surface area contributed by atoms with E-state index >= 15 is 0 Å². The average Bonchev–Trinajstić information content (AvgIpc) is 2.29. The number of allylic oxidation sites excluding steroid dienone is 2. The van der Waals surface area contributed by atoms with E-state index in [1.807, 2.05) is 13.8 Å². The Kier molecular flexibility index (Phi) is 5.34. The second kappa shape index (κ2) is 6.24. The van der Waals surface area contributed by atoms with Gasteiger partial charge in [-0.25, -0.2) is 0 Å². The third kappa shape index (κ3) is 2.89. The fourth-order valence-corrected chi connectivity index (χ4v) is 3.73. The van der Waals surface area contributed by atoms with Crippen molar-refractivity contribution in [1.82, 2.24) is 0 Å². The molecule has 0 spiro atoms. The number of carbonyl (C=O) groups excluding carboxylic acids is 2. The molecule has 0 bridgehead atoms. The van der Waals surface area contributed by atoms with Crippen LogP contribution < -0.4 is 0 Å². The standard InChI is InChI=1S/C18H30O2/c1-9(2)13-14(10(3)4)16(12(7)8)18(20)17(19)15(13)11(5)6/h9-13,15H,1-8H3. The molecule has 0 aromatic heterocycles. The Labute approximate surface area is 124 Å². The Morgan fingerprint density at radius 2 is 1.15 bits per heavy atom. The molecule has 0 aromatic rings. The molecule has 0 saturated heterocycles. The summed E-state index contributed by atoms with van der Waals surface area (Å²) >= 11 is 0. The molecule has 2 nitrogen and oxygen atoms in total. The highest BCUT2D eigenvalue weighted by molar-refractivity contribution is 6.45. The normalized spacial score (nSPS) is 24.8. The van der Waals surface area contributed by atoms with Crippen LogP contribution in [0.15, 0.2) is 11.1 Å². The SMILES string of the molecule is CC(C)C1=C(C(C)C)C(C(C)C)C(C(C)C)C(=O)C1=O. The van der Waals surface area contributed by atoms with Gasteiger partial charge >= 0.3 is 0 Å². The van der Waals surface area contributed by atoms with Crippen molar-refractivity contribution in [2.24, 2.45) is 35.5 Å². The third-order valence-electron chi connectivity index (χ3n) is 4.46. The minimum Gasteiger partial charge on any atom is -0.290 e. The Morgan fingerprint density at radius 3 is 1.45 bits per heavy atom. The second-order valence-corrected chi connectivity index (χ2v) is 7.41. The maximum atomic E-state index is 12.6. The highest BCUT2D eigenvalue weighted by atomic mass is 16.2. The van der Waals surface area contributed by atoms with Crippen molar-refractivity contribution in [3.63, 3.8) is 0 Å². The lowest BCUT2D eigenvalue weighted by molar-refractivity contribution is -0.140.